The molecule has 0 bridgehead atoms. The Morgan fingerprint density at radius 3 is 2.31 bits per heavy atom. The molecule has 1 aliphatic carbocycles. The van der Waals surface area contributed by atoms with E-state index in [0.29, 0.717) is 25.8 Å². The summed E-state index contributed by atoms with van der Waals surface area (Å²) in [6, 6.07) is 0. The maximum absolute atomic E-state index is 11.9. The van der Waals surface area contributed by atoms with Crippen molar-refractivity contribution in [2.24, 2.45) is 0 Å². The highest BCUT2D eigenvalue weighted by atomic mass is 32.2. The first-order valence-electron chi connectivity index (χ1n) is 5.69. The van der Waals surface area contributed by atoms with Crippen LogP contribution in [0.4, 0.5) is 0 Å². The van der Waals surface area contributed by atoms with E-state index in [9.17, 15) is 13.2 Å². The van der Waals surface area contributed by atoms with Crippen molar-refractivity contribution in [3.05, 3.63) is 0 Å². The number of rotatable bonds is 3. The Labute approximate surface area is 95.5 Å². The number of hydrogen-bond acceptors (Lipinski definition) is 3. The Morgan fingerprint density at radius 2 is 1.88 bits per heavy atom. The van der Waals surface area contributed by atoms with Gasteiger partial charge in [-0.05, 0) is 19.3 Å². The van der Waals surface area contributed by atoms with E-state index in [4.69, 9.17) is 5.11 Å². The van der Waals surface area contributed by atoms with Gasteiger partial charge in [-0.3, -0.25) is 4.79 Å². The van der Waals surface area contributed by atoms with Crippen molar-refractivity contribution in [1.82, 2.24) is 4.31 Å². The first-order chi connectivity index (χ1) is 7.46. The third-order valence-corrected chi connectivity index (χ3v) is 5.69. The number of nitrogens with zero attached hydrogens (tertiary/aromatic N) is 1. The van der Waals surface area contributed by atoms with Crippen molar-refractivity contribution in [3.63, 3.8) is 0 Å². The van der Waals surface area contributed by atoms with Crippen molar-refractivity contribution < 1.29 is 18.3 Å². The van der Waals surface area contributed by atoms with Gasteiger partial charge in [0, 0.05) is 12.1 Å². The highest BCUT2D eigenvalue weighted by molar-refractivity contribution is 7.89. The molecule has 0 atom stereocenters. The minimum absolute atomic E-state index is 0.0494. The molecule has 1 saturated carbocycles. The van der Waals surface area contributed by atoms with Crippen molar-refractivity contribution in [1.29, 1.82) is 0 Å². The summed E-state index contributed by atoms with van der Waals surface area (Å²) in [7, 11) is -3.20. The summed E-state index contributed by atoms with van der Waals surface area (Å²) in [5.41, 5.74) is -0.624. The largest absolute Gasteiger partial charge is 0.481 e. The predicted molar refractivity (Wildman–Crippen MR) is 58.6 cm³/mol. The quantitative estimate of drug-likeness (QED) is 0.800. The number of sulfonamides is 1. The molecule has 2 aliphatic rings. The van der Waals surface area contributed by atoms with Gasteiger partial charge in [0.25, 0.3) is 0 Å². The summed E-state index contributed by atoms with van der Waals surface area (Å²) in [5, 5.41) is 8.95. The van der Waals surface area contributed by atoms with Crippen LogP contribution in [0, 0.1) is 0 Å². The van der Waals surface area contributed by atoms with Crippen molar-refractivity contribution in [2.45, 2.75) is 44.1 Å². The lowest BCUT2D eigenvalue weighted by Crippen LogP contribution is -2.48. The molecule has 1 saturated heterocycles. The Hall–Kier alpha value is -0.620. The molecule has 5 nitrogen and oxygen atoms in total. The van der Waals surface area contributed by atoms with Gasteiger partial charge in [-0.15, -0.1) is 0 Å². The number of aliphatic carboxylic acids is 1. The Kier molecular flexibility index (Phi) is 2.96. The van der Waals surface area contributed by atoms with Gasteiger partial charge in [-0.1, -0.05) is 12.8 Å². The molecular weight excluding hydrogens is 230 g/mol. The zero-order valence-corrected chi connectivity index (χ0v) is 10.0. The average molecular weight is 247 g/mol. The van der Waals surface area contributed by atoms with Gasteiger partial charge in [0.15, 0.2) is 0 Å². The van der Waals surface area contributed by atoms with Gasteiger partial charge < -0.3 is 5.11 Å². The van der Waals surface area contributed by atoms with E-state index in [0.717, 1.165) is 12.8 Å². The number of carboxylic acid groups (broad SMARTS) is 1. The van der Waals surface area contributed by atoms with Crippen LogP contribution in [0.5, 0.6) is 0 Å². The maximum atomic E-state index is 11.9. The summed E-state index contributed by atoms with van der Waals surface area (Å²) in [6.45, 7) is 0.496. The molecule has 0 spiro atoms. The molecule has 0 aromatic rings. The van der Waals surface area contributed by atoms with Gasteiger partial charge in [-0.2, -0.15) is 4.31 Å². The second-order valence-corrected chi connectivity index (χ2v) is 6.76. The van der Waals surface area contributed by atoms with Crippen LogP contribution in [0.3, 0.4) is 0 Å². The lowest BCUT2D eigenvalue weighted by Gasteiger charge is -2.36. The average Bonchev–Trinajstić information content (AvgIpc) is 2.71. The maximum Gasteiger partial charge on any atom is 0.305 e. The molecule has 0 radical (unpaired) electrons. The monoisotopic (exact) mass is 247 g/mol. The number of carboxylic acids is 1. The van der Waals surface area contributed by atoms with Gasteiger partial charge in [0.2, 0.25) is 10.0 Å². The lowest BCUT2D eigenvalue weighted by molar-refractivity contribution is -0.139. The summed E-state index contributed by atoms with van der Waals surface area (Å²) >= 11 is 0. The highest BCUT2D eigenvalue weighted by Crippen LogP contribution is 2.41. The molecule has 2 fully saturated rings. The third-order valence-electron chi connectivity index (χ3n) is 3.64. The molecular formula is C10H17NO4S. The number of carbonyl (C=O) groups is 1. The Bertz CT molecular complexity index is 384. The van der Waals surface area contributed by atoms with Crippen LogP contribution in [0.1, 0.15) is 38.5 Å². The molecule has 2 rings (SSSR count). The zero-order valence-electron chi connectivity index (χ0n) is 9.18. The lowest BCUT2D eigenvalue weighted by atomic mass is 9.93. The van der Waals surface area contributed by atoms with Crippen LogP contribution >= 0.6 is 0 Å². The molecule has 1 aliphatic heterocycles. The fourth-order valence-electron chi connectivity index (χ4n) is 3.00. The number of hydrogen-bond donors (Lipinski definition) is 1. The van der Waals surface area contributed by atoms with E-state index in [1.807, 2.05) is 0 Å². The van der Waals surface area contributed by atoms with Gasteiger partial charge >= 0.3 is 5.97 Å². The molecule has 0 aromatic carbocycles. The molecule has 0 aromatic heterocycles. The van der Waals surface area contributed by atoms with E-state index >= 15 is 0 Å². The second kappa shape index (κ2) is 4.00. The van der Waals surface area contributed by atoms with Crippen LogP contribution in [-0.2, 0) is 14.8 Å². The van der Waals surface area contributed by atoms with Gasteiger partial charge in [0.1, 0.15) is 0 Å². The SMILES string of the molecule is O=C(O)CC1(N2CCCS2(=O)=O)CCCC1. The highest BCUT2D eigenvalue weighted by Gasteiger charge is 2.48. The first kappa shape index (κ1) is 11.9. The van der Waals surface area contributed by atoms with E-state index in [1.165, 1.54) is 4.31 Å². The van der Waals surface area contributed by atoms with Gasteiger partial charge in [0.05, 0.1) is 12.2 Å². The molecule has 0 unspecified atom stereocenters. The van der Waals surface area contributed by atoms with Crippen LogP contribution < -0.4 is 0 Å². The fraction of sp³-hybridized carbons (Fsp3) is 0.900. The van der Waals surface area contributed by atoms with E-state index < -0.39 is 21.5 Å². The third kappa shape index (κ3) is 1.96. The van der Waals surface area contributed by atoms with E-state index in [-0.39, 0.29) is 12.2 Å². The summed E-state index contributed by atoms with van der Waals surface area (Å²) < 4.78 is 25.2. The smallest absolute Gasteiger partial charge is 0.305 e. The predicted octanol–water partition coefficient (Wildman–Crippen LogP) is 0.809. The molecule has 92 valence electrons. The molecule has 1 heterocycles. The van der Waals surface area contributed by atoms with Crippen LogP contribution in [-0.4, -0.2) is 41.6 Å². The minimum atomic E-state index is -3.20. The zero-order chi connectivity index (χ0) is 11.8. The van der Waals surface area contributed by atoms with Crippen LogP contribution in [0.2, 0.25) is 0 Å². The Balaban J connectivity index is 2.29. The van der Waals surface area contributed by atoms with E-state index in [1.54, 1.807) is 0 Å². The topological polar surface area (TPSA) is 74.7 Å². The summed E-state index contributed by atoms with van der Waals surface area (Å²) in [4.78, 5) is 10.9. The summed E-state index contributed by atoms with van der Waals surface area (Å²) in [6.07, 6.45) is 3.82. The molecule has 0 amide bonds. The van der Waals surface area contributed by atoms with Crippen molar-refractivity contribution in [2.75, 3.05) is 12.3 Å². The summed E-state index contributed by atoms with van der Waals surface area (Å²) in [5.74, 6) is -0.724. The van der Waals surface area contributed by atoms with Crippen LogP contribution in [0.25, 0.3) is 0 Å². The molecule has 6 heteroatoms. The fourth-order valence-corrected chi connectivity index (χ4v) is 4.96. The normalized spacial score (nSPS) is 28.2. The second-order valence-electron chi connectivity index (χ2n) is 4.74. The van der Waals surface area contributed by atoms with Crippen molar-refractivity contribution in [3.8, 4) is 0 Å². The van der Waals surface area contributed by atoms with E-state index in [2.05, 4.69) is 0 Å². The van der Waals surface area contributed by atoms with Crippen LogP contribution in [0.15, 0.2) is 0 Å². The molecule has 16 heavy (non-hydrogen) atoms. The van der Waals surface area contributed by atoms with Crippen molar-refractivity contribution >= 4 is 16.0 Å². The molecule has 1 N–H and O–H groups in total. The first-order valence-corrected chi connectivity index (χ1v) is 7.30. The minimum Gasteiger partial charge on any atom is -0.481 e. The van der Waals surface area contributed by atoms with Gasteiger partial charge in [-0.25, -0.2) is 8.42 Å². The Morgan fingerprint density at radius 1 is 1.25 bits per heavy atom. The standard InChI is InChI=1S/C10H17NO4S/c12-9(13)8-10(4-1-2-5-10)11-6-3-7-16(11,14)15/h1-8H2,(H,12,13).